The molecular formula is C12H23N3S. The molecule has 1 aromatic heterocycles. The van der Waals surface area contributed by atoms with Crippen molar-refractivity contribution in [3.63, 3.8) is 0 Å². The fourth-order valence-electron chi connectivity index (χ4n) is 1.05. The van der Waals surface area contributed by atoms with E-state index in [0.717, 1.165) is 17.5 Å². The fourth-order valence-corrected chi connectivity index (χ4v) is 1.75. The summed E-state index contributed by atoms with van der Waals surface area (Å²) in [7, 11) is 0. The molecule has 4 heteroatoms. The van der Waals surface area contributed by atoms with Crippen LogP contribution in [0.15, 0.2) is 0 Å². The highest BCUT2D eigenvalue weighted by molar-refractivity contribution is 7.09. The highest BCUT2D eigenvalue weighted by Gasteiger charge is 2.22. The first-order chi connectivity index (χ1) is 7.33. The first-order valence-electron chi connectivity index (χ1n) is 5.90. The van der Waals surface area contributed by atoms with E-state index in [2.05, 4.69) is 56.2 Å². The Balaban J connectivity index is 2.55. The van der Waals surface area contributed by atoms with Gasteiger partial charge in [0.2, 0.25) is 5.13 Å². The lowest BCUT2D eigenvalue weighted by Crippen LogP contribution is -2.28. The zero-order valence-corrected chi connectivity index (χ0v) is 12.0. The van der Waals surface area contributed by atoms with E-state index in [4.69, 9.17) is 0 Å². The number of hydrogen-bond acceptors (Lipinski definition) is 4. The molecule has 0 fully saturated rings. The van der Waals surface area contributed by atoms with E-state index in [1.807, 2.05) is 0 Å². The monoisotopic (exact) mass is 241 g/mol. The minimum absolute atomic E-state index is 0.281. The second kappa shape index (κ2) is 5.13. The maximum atomic E-state index is 4.47. The summed E-state index contributed by atoms with van der Waals surface area (Å²) in [5.41, 5.74) is 0.281. The molecule has 1 heterocycles. The number of hydrogen-bond donors (Lipinski definition) is 1. The van der Waals surface area contributed by atoms with Gasteiger partial charge in [-0.3, -0.25) is 0 Å². The zero-order chi connectivity index (χ0) is 12.3. The van der Waals surface area contributed by atoms with Crippen LogP contribution in [-0.4, -0.2) is 15.9 Å². The summed E-state index contributed by atoms with van der Waals surface area (Å²) >= 11 is 1.46. The third kappa shape index (κ3) is 3.44. The first kappa shape index (κ1) is 13.4. The molecule has 0 bridgehead atoms. The van der Waals surface area contributed by atoms with Crippen molar-refractivity contribution in [3.05, 3.63) is 5.82 Å². The van der Waals surface area contributed by atoms with E-state index in [9.17, 15) is 0 Å². The van der Waals surface area contributed by atoms with Gasteiger partial charge in [0.25, 0.3) is 0 Å². The molecule has 0 aliphatic carbocycles. The molecule has 16 heavy (non-hydrogen) atoms. The molecule has 0 saturated carbocycles. The predicted octanol–water partition coefficient (Wildman–Crippen LogP) is 3.76. The van der Waals surface area contributed by atoms with Crippen LogP contribution < -0.4 is 5.32 Å². The van der Waals surface area contributed by atoms with E-state index in [-0.39, 0.29) is 5.41 Å². The largest absolute Gasteiger partial charge is 0.360 e. The number of rotatable bonds is 5. The second-order valence-electron chi connectivity index (χ2n) is 5.61. The minimum Gasteiger partial charge on any atom is -0.360 e. The number of anilines is 1. The van der Waals surface area contributed by atoms with Crippen molar-refractivity contribution < 1.29 is 0 Å². The van der Waals surface area contributed by atoms with Gasteiger partial charge in [-0.05, 0) is 11.3 Å². The lowest BCUT2D eigenvalue weighted by atomic mass is 9.81. The van der Waals surface area contributed by atoms with Crippen LogP contribution in [0.2, 0.25) is 0 Å². The quantitative estimate of drug-likeness (QED) is 0.853. The van der Waals surface area contributed by atoms with Crippen molar-refractivity contribution in [2.75, 3.05) is 11.9 Å². The number of nitrogens with one attached hydrogen (secondary N) is 1. The Bertz CT molecular complexity index is 329. The summed E-state index contributed by atoms with van der Waals surface area (Å²) in [4.78, 5) is 4.47. The topological polar surface area (TPSA) is 37.8 Å². The van der Waals surface area contributed by atoms with Crippen LogP contribution in [0.25, 0.3) is 0 Å². The third-order valence-corrected chi connectivity index (χ3v) is 3.90. The second-order valence-corrected chi connectivity index (χ2v) is 6.36. The molecular weight excluding hydrogens is 218 g/mol. The Morgan fingerprint density at radius 1 is 1.25 bits per heavy atom. The summed E-state index contributed by atoms with van der Waals surface area (Å²) < 4.78 is 4.33. The van der Waals surface area contributed by atoms with Crippen LogP contribution >= 0.6 is 11.5 Å². The fraction of sp³-hybridized carbons (Fsp3) is 0.833. The average molecular weight is 241 g/mol. The van der Waals surface area contributed by atoms with Gasteiger partial charge in [0, 0.05) is 24.0 Å². The van der Waals surface area contributed by atoms with Gasteiger partial charge in [-0.1, -0.05) is 41.5 Å². The van der Waals surface area contributed by atoms with Crippen molar-refractivity contribution in [3.8, 4) is 0 Å². The Labute approximate surface area is 103 Å². The molecule has 0 spiro atoms. The van der Waals surface area contributed by atoms with E-state index < -0.39 is 0 Å². The normalized spacial score (nSPS) is 12.5. The lowest BCUT2D eigenvalue weighted by molar-refractivity contribution is 0.269. The Kier molecular flexibility index (Phi) is 4.30. The van der Waals surface area contributed by atoms with Gasteiger partial charge in [-0.2, -0.15) is 4.37 Å². The van der Waals surface area contributed by atoms with E-state index in [0.29, 0.717) is 11.8 Å². The van der Waals surface area contributed by atoms with Gasteiger partial charge in [-0.25, -0.2) is 4.98 Å². The standard InChI is InChI=1S/C12H23N3S/c1-8(2)10-14-11(16-15-10)13-7-12(5,6)9(3)4/h8-9H,7H2,1-6H3,(H,13,14,15). The van der Waals surface area contributed by atoms with Crippen molar-refractivity contribution in [1.29, 1.82) is 0 Å². The molecule has 0 aliphatic heterocycles. The average Bonchev–Trinajstić information content (AvgIpc) is 2.63. The van der Waals surface area contributed by atoms with Crippen LogP contribution in [0.4, 0.5) is 5.13 Å². The molecule has 0 saturated heterocycles. The number of nitrogens with zero attached hydrogens (tertiary/aromatic N) is 2. The molecule has 3 nitrogen and oxygen atoms in total. The molecule has 0 unspecified atom stereocenters. The first-order valence-corrected chi connectivity index (χ1v) is 6.67. The molecule has 0 atom stereocenters. The summed E-state index contributed by atoms with van der Waals surface area (Å²) in [6, 6.07) is 0. The molecule has 92 valence electrons. The molecule has 1 N–H and O–H groups in total. The maximum Gasteiger partial charge on any atom is 0.202 e. The van der Waals surface area contributed by atoms with Crippen molar-refractivity contribution in [1.82, 2.24) is 9.36 Å². The van der Waals surface area contributed by atoms with Crippen LogP contribution in [-0.2, 0) is 0 Å². The van der Waals surface area contributed by atoms with Gasteiger partial charge in [0.1, 0.15) is 5.82 Å². The van der Waals surface area contributed by atoms with Crippen LogP contribution in [0.3, 0.4) is 0 Å². The highest BCUT2D eigenvalue weighted by atomic mass is 32.1. The molecule has 0 aromatic carbocycles. The van der Waals surface area contributed by atoms with Crippen molar-refractivity contribution in [2.24, 2.45) is 11.3 Å². The lowest BCUT2D eigenvalue weighted by Gasteiger charge is -2.29. The van der Waals surface area contributed by atoms with Crippen LogP contribution in [0.1, 0.15) is 53.3 Å². The SMILES string of the molecule is CC(C)c1nsc(NCC(C)(C)C(C)C)n1. The number of aromatic nitrogens is 2. The summed E-state index contributed by atoms with van der Waals surface area (Å²) in [5, 5.41) is 4.33. The predicted molar refractivity (Wildman–Crippen MR) is 71.1 cm³/mol. The summed E-state index contributed by atoms with van der Waals surface area (Å²) in [6.07, 6.45) is 0. The van der Waals surface area contributed by atoms with Gasteiger partial charge in [0.05, 0.1) is 0 Å². The molecule has 1 aromatic rings. The van der Waals surface area contributed by atoms with Gasteiger partial charge < -0.3 is 5.32 Å². The zero-order valence-electron chi connectivity index (χ0n) is 11.2. The molecule has 0 amide bonds. The van der Waals surface area contributed by atoms with Crippen LogP contribution in [0.5, 0.6) is 0 Å². The smallest absolute Gasteiger partial charge is 0.202 e. The Hall–Kier alpha value is -0.640. The van der Waals surface area contributed by atoms with E-state index in [1.165, 1.54) is 11.5 Å². The molecule has 1 rings (SSSR count). The van der Waals surface area contributed by atoms with E-state index in [1.54, 1.807) is 0 Å². The maximum absolute atomic E-state index is 4.47. The van der Waals surface area contributed by atoms with Gasteiger partial charge in [0.15, 0.2) is 0 Å². The molecule has 0 aliphatic rings. The van der Waals surface area contributed by atoms with Gasteiger partial charge in [-0.15, -0.1) is 0 Å². The third-order valence-electron chi connectivity index (χ3n) is 3.22. The minimum atomic E-state index is 0.281. The Morgan fingerprint density at radius 2 is 1.88 bits per heavy atom. The van der Waals surface area contributed by atoms with Crippen LogP contribution in [0, 0.1) is 11.3 Å². The van der Waals surface area contributed by atoms with Crippen molar-refractivity contribution >= 4 is 16.7 Å². The summed E-state index contributed by atoms with van der Waals surface area (Å²) in [6.45, 7) is 14.2. The molecule has 0 radical (unpaired) electrons. The summed E-state index contributed by atoms with van der Waals surface area (Å²) in [5.74, 6) is 2.00. The highest BCUT2D eigenvalue weighted by Crippen LogP contribution is 2.27. The van der Waals surface area contributed by atoms with E-state index >= 15 is 0 Å². The van der Waals surface area contributed by atoms with Gasteiger partial charge >= 0.3 is 0 Å². The Morgan fingerprint density at radius 3 is 2.31 bits per heavy atom. The van der Waals surface area contributed by atoms with Crippen molar-refractivity contribution in [2.45, 2.75) is 47.5 Å².